The zero-order valence-corrected chi connectivity index (χ0v) is 13.1. The summed E-state index contributed by atoms with van der Waals surface area (Å²) in [5, 5.41) is 7.34. The van der Waals surface area contributed by atoms with Crippen LogP contribution in [0.3, 0.4) is 0 Å². The van der Waals surface area contributed by atoms with Crippen LogP contribution in [0.4, 0.5) is 4.39 Å². The van der Waals surface area contributed by atoms with E-state index in [-0.39, 0.29) is 17.8 Å². The van der Waals surface area contributed by atoms with E-state index in [1.807, 2.05) is 6.92 Å². The lowest BCUT2D eigenvalue weighted by Crippen LogP contribution is -2.40. The van der Waals surface area contributed by atoms with Gasteiger partial charge in [0.1, 0.15) is 5.82 Å². The van der Waals surface area contributed by atoms with Crippen molar-refractivity contribution in [3.8, 4) is 0 Å². The molecule has 0 aromatic heterocycles. The Morgan fingerprint density at radius 1 is 1.33 bits per heavy atom. The molecule has 0 bridgehead atoms. The Kier molecular flexibility index (Phi) is 4.07. The van der Waals surface area contributed by atoms with Crippen LogP contribution < -0.4 is 10.6 Å². The summed E-state index contributed by atoms with van der Waals surface area (Å²) in [6.07, 6.45) is 2.09. The van der Waals surface area contributed by atoms with Gasteiger partial charge in [-0.3, -0.25) is 4.99 Å². The molecular weight excluding hydrogens is 289 g/mol. The summed E-state index contributed by atoms with van der Waals surface area (Å²) in [5.74, 6) is 1.48. The number of rotatable bonds is 4. The van der Waals surface area contributed by atoms with Crippen molar-refractivity contribution in [3.63, 3.8) is 0 Å². The molecule has 4 atom stereocenters. The van der Waals surface area contributed by atoms with Crippen molar-refractivity contribution >= 4 is 17.6 Å². The van der Waals surface area contributed by atoms with Crippen LogP contribution in [0.1, 0.15) is 38.2 Å². The van der Waals surface area contributed by atoms with Crippen LogP contribution in [-0.4, -0.2) is 24.6 Å². The van der Waals surface area contributed by atoms with Gasteiger partial charge in [-0.1, -0.05) is 24.6 Å². The van der Waals surface area contributed by atoms with E-state index in [2.05, 4.69) is 22.5 Å². The van der Waals surface area contributed by atoms with Gasteiger partial charge in [0.15, 0.2) is 5.96 Å². The normalized spacial score (nSPS) is 31.0. The van der Waals surface area contributed by atoms with Crippen molar-refractivity contribution in [3.05, 3.63) is 34.6 Å². The summed E-state index contributed by atoms with van der Waals surface area (Å²) in [5.41, 5.74) is 0.632. The standard InChI is InChI=1S/C16H21ClFN3/c1-3-19-16(20-13-7-9(13)2)21-14-8-10(14)15-11(17)5-4-6-12(15)18/h4-6,9-10,13-14H,3,7-8H2,1-2H3,(H2,19,20,21). The second kappa shape index (κ2) is 5.84. The minimum atomic E-state index is -0.213. The highest BCUT2D eigenvalue weighted by atomic mass is 35.5. The lowest BCUT2D eigenvalue weighted by Gasteiger charge is -2.12. The van der Waals surface area contributed by atoms with Gasteiger partial charge in [0.25, 0.3) is 0 Å². The van der Waals surface area contributed by atoms with Crippen molar-refractivity contribution < 1.29 is 4.39 Å². The van der Waals surface area contributed by atoms with Gasteiger partial charge >= 0.3 is 0 Å². The van der Waals surface area contributed by atoms with Gasteiger partial charge in [0, 0.05) is 35.1 Å². The highest BCUT2D eigenvalue weighted by Gasteiger charge is 2.42. The Bertz CT molecular complexity index is 540. The molecular formula is C16H21ClFN3. The number of halogens is 2. The van der Waals surface area contributed by atoms with Crippen LogP contribution in [0.2, 0.25) is 5.02 Å². The zero-order chi connectivity index (χ0) is 15.0. The summed E-state index contributed by atoms with van der Waals surface area (Å²) >= 11 is 6.13. The topological polar surface area (TPSA) is 36.4 Å². The average Bonchev–Trinajstić information content (AvgIpc) is 3.31. The third-order valence-electron chi connectivity index (χ3n) is 4.23. The molecule has 3 nitrogen and oxygen atoms in total. The fourth-order valence-electron chi connectivity index (χ4n) is 2.70. The van der Waals surface area contributed by atoms with Gasteiger partial charge in [-0.2, -0.15) is 0 Å². The molecule has 2 saturated carbocycles. The van der Waals surface area contributed by atoms with Crippen molar-refractivity contribution in [1.29, 1.82) is 0 Å². The fraction of sp³-hybridized carbons (Fsp3) is 0.562. The third-order valence-corrected chi connectivity index (χ3v) is 4.56. The van der Waals surface area contributed by atoms with Crippen LogP contribution in [0.5, 0.6) is 0 Å². The second-order valence-corrected chi connectivity index (χ2v) is 6.42. The first-order valence-electron chi connectivity index (χ1n) is 7.61. The molecule has 0 amide bonds. The van der Waals surface area contributed by atoms with Crippen molar-refractivity contribution in [2.45, 2.75) is 44.7 Å². The molecule has 0 aliphatic heterocycles. The van der Waals surface area contributed by atoms with Gasteiger partial charge < -0.3 is 10.6 Å². The largest absolute Gasteiger partial charge is 0.353 e. The Morgan fingerprint density at radius 3 is 2.67 bits per heavy atom. The molecule has 114 valence electrons. The van der Waals surface area contributed by atoms with Crippen molar-refractivity contribution in [2.75, 3.05) is 6.54 Å². The maximum Gasteiger partial charge on any atom is 0.191 e. The summed E-state index contributed by atoms with van der Waals surface area (Å²) in [6, 6.07) is 5.61. The Labute approximate surface area is 130 Å². The number of guanidine groups is 1. The monoisotopic (exact) mass is 309 g/mol. The Balaban J connectivity index is 1.63. The van der Waals surface area contributed by atoms with Gasteiger partial charge in [0.2, 0.25) is 0 Å². The van der Waals surface area contributed by atoms with Gasteiger partial charge in [0.05, 0.1) is 0 Å². The number of nitrogens with zero attached hydrogens (tertiary/aromatic N) is 1. The SMILES string of the molecule is CCN=C(NC1CC1C)NC1CC1c1c(F)cccc1Cl. The summed E-state index contributed by atoms with van der Waals surface area (Å²) in [7, 11) is 0. The first-order valence-corrected chi connectivity index (χ1v) is 7.99. The van der Waals surface area contributed by atoms with Crippen molar-refractivity contribution in [1.82, 2.24) is 10.6 Å². The quantitative estimate of drug-likeness (QED) is 0.661. The van der Waals surface area contributed by atoms with Gasteiger partial charge in [-0.05, 0) is 37.8 Å². The summed E-state index contributed by atoms with van der Waals surface area (Å²) in [4.78, 5) is 4.46. The molecule has 1 aromatic rings. The predicted molar refractivity (Wildman–Crippen MR) is 84.4 cm³/mol. The molecule has 2 aliphatic carbocycles. The fourth-order valence-corrected chi connectivity index (χ4v) is 3.01. The number of hydrogen-bond acceptors (Lipinski definition) is 1. The molecule has 5 heteroatoms. The van der Waals surface area contributed by atoms with E-state index in [1.165, 1.54) is 12.5 Å². The molecule has 0 heterocycles. The Morgan fingerprint density at radius 2 is 2.05 bits per heavy atom. The minimum absolute atomic E-state index is 0.138. The summed E-state index contributed by atoms with van der Waals surface area (Å²) < 4.78 is 13.9. The van der Waals surface area contributed by atoms with Gasteiger partial charge in [-0.25, -0.2) is 4.39 Å². The van der Waals surface area contributed by atoms with E-state index in [9.17, 15) is 4.39 Å². The first-order chi connectivity index (χ1) is 10.1. The first kappa shape index (κ1) is 14.6. The van der Waals surface area contributed by atoms with E-state index in [0.717, 1.165) is 18.9 Å². The smallest absolute Gasteiger partial charge is 0.191 e. The zero-order valence-electron chi connectivity index (χ0n) is 12.4. The van der Waals surface area contributed by atoms with Crippen molar-refractivity contribution in [2.24, 2.45) is 10.9 Å². The van der Waals surface area contributed by atoms with E-state index in [0.29, 0.717) is 22.5 Å². The molecule has 21 heavy (non-hydrogen) atoms. The number of nitrogens with one attached hydrogen (secondary N) is 2. The molecule has 1 aromatic carbocycles. The van der Waals surface area contributed by atoms with Crippen LogP contribution in [0.25, 0.3) is 0 Å². The minimum Gasteiger partial charge on any atom is -0.353 e. The van der Waals surface area contributed by atoms with E-state index >= 15 is 0 Å². The molecule has 4 unspecified atom stereocenters. The molecule has 0 radical (unpaired) electrons. The molecule has 2 N–H and O–H groups in total. The van der Waals surface area contributed by atoms with Crippen LogP contribution in [0.15, 0.2) is 23.2 Å². The average molecular weight is 310 g/mol. The van der Waals surface area contributed by atoms with E-state index in [1.54, 1.807) is 12.1 Å². The van der Waals surface area contributed by atoms with Crippen LogP contribution in [-0.2, 0) is 0 Å². The maximum absolute atomic E-state index is 13.9. The number of aliphatic imine (C=N–C) groups is 1. The molecule has 0 spiro atoms. The Hall–Kier alpha value is -1.29. The highest BCUT2D eigenvalue weighted by Crippen LogP contribution is 2.44. The molecule has 0 saturated heterocycles. The van der Waals surface area contributed by atoms with Gasteiger partial charge in [-0.15, -0.1) is 0 Å². The van der Waals surface area contributed by atoms with Crippen LogP contribution >= 0.6 is 11.6 Å². The second-order valence-electron chi connectivity index (χ2n) is 6.02. The third kappa shape index (κ3) is 3.31. The van der Waals surface area contributed by atoms with E-state index in [4.69, 9.17) is 11.6 Å². The lowest BCUT2D eigenvalue weighted by molar-refractivity contribution is 0.607. The van der Waals surface area contributed by atoms with Crippen LogP contribution in [0, 0.1) is 11.7 Å². The molecule has 2 fully saturated rings. The molecule has 3 rings (SSSR count). The van der Waals surface area contributed by atoms with E-state index < -0.39 is 0 Å². The number of hydrogen-bond donors (Lipinski definition) is 2. The lowest BCUT2D eigenvalue weighted by atomic mass is 10.1. The summed E-state index contributed by atoms with van der Waals surface area (Å²) in [6.45, 7) is 4.96. The molecule has 2 aliphatic rings. The number of benzene rings is 1. The predicted octanol–water partition coefficient (Wildman–Crippen LogP) is 3.30. The highest BCUT2D eigenvalue weighted by molar-refractivity contribution is 6.31. The maximum atomic E-state index is 13.9.